The van der Waals surface area contributed by atoms with Crippen LogP contribution in [-0.2, 0) is 6.42 Å². The van der Waals surface area contributed by atoms with Crippen molar-refractivity contribution in [2.24, 2.45) is 0 Å². The fourth-order valence-corrected chi connectivity index (χ4v) is 2.75. The number of hydrogen-bond acceptors (Lipinski definition) is 2. The Morgan fingerprint density at radius 3 is 2.89 bits per heavy atom. The molecular formula is C14H13BrN2S. The maximum absolute atomic E-state index is 5.24. The average Bonchev–Trinajstić information content (AvgIpc) is 3.11. The van der Waals surface area contributed by atoms with E-state index in [9.17, 15) is 0 Å². The molecule has 1 aromatic heterocycles. The molecule has 4 heteroatoms. The van der Waals surface area contributed by atoms with Gasteiger partial charge in [-0.3, -0.25) is 0 Å². The standard InChI is InChI=1S/C14H13BrN2S/c15-11-3-1-2-9(6-11)7-13-16-12(10-4-5-10)8-14(18)17-13/h1-3,6,8,10H,4-5,7H2,(H,16,17,18). The summed E-state index contributed by atoms with van der Waals surface area (Å²) in [7, 11) is 0. The Kier molecular flexibility index (Phi) is 3.31. The third-order valence-corrected chi connectivity index (χ3v) is 3.79. The Hall–Kier alpha value is -1.00. The molecule has 1 aliphatic carbocycles. The van der Waals surface area contributed by atoms with E-state index in [-0.39, 0.29) is 0 Å². The molecule has 0 bridgehead atoms. The van der Waals surface area contributed by atoms with Crippen LogP contribution in [0.2, 0.25) is 0 Å². The molecule has 1 saturated carbocycles. The molecule has 2 aromatic rings. The second-order valence-corrected chi connectivity index (χ2v) is 6.04. The number of nitrogens with zero attached hydrogens (tertiary/aromatic N) is 1. The van der Waals surface area contributed by atoms with Gasteiger partial charge in [-0.2, -0.15) is 0 Å². The second-order valence-electron chi connectivity index (χ2n) is 4.70. The largest absolute Gasteiger partial charge is 0.347 e. The van der Waals surface area contributed by atoms with Crippen molar-refractivity contribution < 1.29 is 0 Å². The van der Waals surface area contributed by atoms with Crippen LogP contribution in [0, 0.1) is 4.64 Å². The first-order valence-electron chi connectivity index (χ1n) is 6.05. The van der Waals surface area contributed by atoms with Gasteiger partial charge in [0.2, 0.25) is 0 Å². The molecule has 1 aromatic carbocycles. The molecule has 0 unspecified atom stereocenters. The van der Waals surface area contributed by atoms with Crippen molar-refractivity contribution in [3.8, 4) is 0 Å². The van der Waals surface area contributed by atoms with Crippen LogP contribution in [0.3, 0.4) is 0 Å². The summed E-state index contributed by atoms with van der Waals surface area (Å²) in [5.41, 5.74) is 2.48. The highest BCUT2D eigenvalue weighted by Gasteiger charge is 2.24. The lowest BCUT2D eigenvalue weighted by Gasteiger charge is -2.05. The average molecular weight is 321 g/mol. The van der Waals surface area contributed by atoms with Gasteiger partial charge in [-0.05, 0) is 42.5 Å². The predicted molar refractivity (Wildman–Crippen MR) is 78.3 cm³/mol. The summed E-state index contributed by atoms with van der Waals surface area (Å²) in [5.74, 6) is 1.64. The molecule has 0 atom stereocenters. The molecule has 3 rings (SSSR count). The second kappa shape index (κ2) is 4.94. The smallest absolute Gasteiger partial charge is 0.130 e. The zero-order chi connectivity index (χ0) is 12.5. The summed E-state index contributed by atoms with van der Waals surface area (Å²) in [6.45, 7) is 0. The predicted octanol–water partition coefficient (Wildman–Crippen LogP) is 4.37. The number of rotatable bonds is 3. The fraction of sp³-hybridized carbons (Fsp3) is 0.286. The van der Waals surface area contributed by atoms with Crippen molar-refractivity contribution in [3.63, 3.8) is 0 Å². The van der Waals surface area contributed by atoms with E-state index in [2.05, 4.69) is 38.0 Å². The van der Waals surface area contributed by atoms with Gasteiger partial charge in [-0.15, -0.1) is 0 Å². The van der Waals surface area contributed by atoms with Gasteiger partial charge in [0.05, 0.1) is 0 Å². The monoisotopic (exact) mass is 320 g/mol. The van der Waals surface area contributed by atoms with Gasteiger partial charge in [0.15, 0.2) is 0 Å². The van der Waals surface area contributed by atoms with Gasteiger partial charge in [-0.1, -0.05) is 40.3 Å². The highest BCUT2D eigenvalue weighted by Crippen LogP contribution is 2.38. The molecular weight excluding hydrogens is 308 g/mol. The van der Waals surface area contributed by atoms with Gasteiger partial charge in [0, 0.05) is 16.6 Å². The van der Waals surface area contributed by atoms with Crippen molar-refractivity contribution in [1.29, 1.82) is 0 Å². The lowest BCUT2D eigenvalue weighted by Crippen LogP contribution is -2.00. The van der Waals surface area contributed by atoms with Crippen LogP contribution in [0.5, 0.6) is 0 Å². The number of aromatic nitrogens is 2. The topological polar surface area (TPSA) is 28.7 Å². The van der Waals surface area contributed by atoms with Gasteiger partial charge in [-0.25, -0.2) is 4.98 Å². The normalized spacial score (nSPS) is 14.7. The Bertz CT molecular complexity index is 632. The van der Waals surface area contributed by atoms with E-state index in [1.165, 1.54) is 24.1 Å². The molecule has 0 amide bonds. The van der Waals surface area contributed by atoms with Crippen molar-refractivity contribution in [3.05, 3.63) is 56.5 Å². The van der Waals surface area contributed by atoms with E-state index < -0.39 is 0 Å². The Morgan fingerprint density at radius 2 is 2.17 bits per heavy atom. The van der Waals surface area contributed by atoms with Gasteiger partial charge >= 0.3 is 0 Å². The van der Waals surface area contributed by atoms with Crippen molar-refractivity contribution in [2.45, 2.75) is 25.2 Å². The van der Waals surface area contributed by atoms with Gasteiger partial charge in [0.1, 0.15) is 10.5 Å². The lowest BCUT2D eigenvalue weighted by molar-refractivity contribution is 0.893. The van der Waals surface area contributed by atoms with Crippen LogP contribution >= 0.6 is 28.1 Å². The minimum Gasteiger partial charge on any atom is -0.347 e. The highest BCUT2D eigenvalue weighted by atomic mass is 79.9. The molecule has 1 N–H and O–H groups in total. The molecule has 2 nitrogen and oxygen atoms in total. The SMILES string of the molecule is S=c1cc(C2CC2)[nH]c(Cc2cccc(Br)c2)n1. The Morgan fingerprint density at radius 1 is 1.33 bits per heavy atom. The minimum absolute atomic E-state index is 0.677. The van der Waals surface area contributed by atoms with Crippen LogP contribution in [0.4, 0.5) is 0 Å². The third kappa shape index (κ3) is 2.87. The number of aromatic amines is 1. The molecule has 18 heavy (non-hydrogen) atoms. The molecule has 1 fully saturated rings. The van der Waals surface area contributed by atoms with Crippen molar-refractivity contribution in [1.82, 2.24) is 9.97 Å². The summed E-state index contributed by atoms with van der Waals surface area (Å²) < 4.78 is 1.79. The van der Waals surface area contributed by atoms with Crippen LogP contribution < -0.4 is 0 Å². The quantitative estimate of drug-likeness (QED) is 0.851. The Balaban J connectivity index is 1.90. The number of benzene rings is 1. The maximum Gasteiger partial charge on any atom is 0.130 e. The first-order chi connectivity index (χ1) is 8.70. The molecule has 0 saturated heterocycles. The zero-order valence-corrected chi connectivity index (χ0v) is 12.2. The Labute approximate surface area is 120 Å². The summed E-state index contributed by atoms with van der Waals surface area (Å²) in [6.07, 6.45) is 3.33. The molecule has 0 spiro atoms. The van der Waals surface area contributed by atoms with Gasteiger partial charge < -0.3 is 4.98 Å². The van der Waals surface area contributed by atoms with E-state index in [4.69, 9.17) is 12.2 Å². The number of nitrogens with one attached hydrogen (secondary N) is 1. The number of H-pyrrole nitrogens is 1. The van der Waals surface area contributed by atoms with Crippen molar-refractivity contribution in [2.75, 3.05) is 0 Å². The van der Waals surface area contributed by atoms with Crippen LogP contribution in [-0.4, -0.2) is 9.97 Å². The first kappa shape index (κ1) is 12.1. The van der Waals surface area contributed by atoms with E-state index in [1.807, 2.05) is 18.2 Å². The highest BCUT2D eigenvalue weighted by molar-refractivity contribution is 9.10. The molecule has 1 aliphatic rings. The summed E-state index contributed by atoms with van der Waals surface area (Å²) in [5, 5.41) is 0. The van der Waals surface area contributed by atoms with E-state index in [0.717, 1.165) is 16.7 Å². The molecule has 92 valence electrons. The number of hydrogen-bond donors (Lipinski definition) is 1. The van der Waals surface area contributed by atoms with Gasteiger partial charge in [0.25, 0.3) is 0 Å². The summed E-state index contributed by atoms with van der Waals surface area (Å²) in [6, 6.07) is 10.3. The first-order valence-corrected chi connectivity index (χ1v) is 7.25. The molecule has 0 aliphatic heterocycles. The summed E-state index contributed by atoms with van der Waals surface area (Å²) >= 11 is 8.72. The fourth-order valence-electron chi connectivity index (χ4n) is 2.07. The van der Waals surface area contributed by atoms with E-state index in [1.54, 1.807) is 0 Å². The van der Waals surface area contributed by atoms with Crippen LogP contribution in [0.15, 0.2) is 34.8 Å². The lowest BCUT2D eigenvalue weighted by atomic mass is 10.1. The third-order valence-electron chi connectivity index (χ3n) is 3.09. The van der Waals surface area contributed by atoms with Crippen LogP contribution in [0.1, 0.15) is 35.8 Å². The molecule has 0 radical (unpaired) electrons. The van der Waals surface area contributed by atoms with Crippen LogP contribution in [0.25, 0.3) is 0 Å². The maximum atomic E-state index is 5.24. The molecule has 1 heterocycles. The summed E-state index contributed by atoms with van der Waals surface area (Å²) in [4.78, 5) is 7.83. The zero-order valence-electron chi connectivity index (χ0n) is 9.82. The van der Waals surface area contributed by atoms with Crippen molar-refractivity contribution >= 4 is 28.1 Å². The minimum atomic E-state index is 0.677. The van der Waals surface area contributed by atoms with E-state index >= 15 is 0 Å². The number of halogens is 1. The van der Waals surface area contributed by atoms with E-state index in [0.29, 0.717) is 10.6 Å².